The van der Waals surface area contributed by atoms with Crippen LogP contribution in [0.25, 0.3) is 0 Å². The quantitative estimate of drug-likeness (QED) is 0.603. The van der Waals surface area contributed by atoms with Crippen LogP contribution in [0.5, 0.6) is 0 Å². The van der Waals surface area contributed by atoms with E-state index < -0.39 is 5.97 Å². The zero-order valence-electron chi connectivity index (χ0n) is 10.3. The fourth-order valence-electron chi connectivity index (χ4n) is 1.43. The van der Waals surface area contributed by atoms with E-state index in [1.54, 1.807) is 0 Å². The maximum atomic E-state index is 11.7. The molecule has 1 atom stereocenters. The molecular formula is C11H22N2O3. The lowest BCUT2D eigenvalue weighted by Crippen LogP contribution is -2.44. The molecule has 0 aromatic heterocycles. The molecule has 0 spiro atoms. The Kier molecular flexibility index (Phi) is 7.54. The normalized spacial score (nSPS) is 12.5. The topological polar surface area (TPSA) is 69.6 Å². The zero-order chi connectivity index (χ0) is 12.6. The van der Waals surface area contributed by atoms with E-state index in [1.165, 1.54) is 0 Å². The Labute approximate surface area is 96.8 Å². The molecule has 0 heterocycles. The van der Waals surface area contributed by atoms with Gasteiger partial charge in [0.05, 0.1) is 12.5 Å². The molecule has 0 saturated carbocycles. The molecule has 0 aliphatic rings. The lowest BCUT2D eigenvalue weighted by atomic mass is 10.1. The van der Waals surface area contributed by atoms with Crippen LogP contribution >= 0.6 is 0 Å². The van der Waals surface area contributed by atoms with Gasteiger partial charge in [0.2, 0.25) is 5.91 Å². The summed E-state index contributed by atoms with van der Waals surface area (Å²) in [6.45, 7) is 2.28. The van der Waals surface area contributed by atoms with E-state index in [0.29, 0.717) is 0 Å². The number of hydrogen-bond donors (Lipinski definition) is 2. The highest BCUT2D eigenvalue weighted by Crippen LogP contribution is 2.05. The standard InChI is InChI=1S/C11H22N2O3/c1-4-5-6-9(13(2)3)11(16)12-8-7-10(14)15/h9H,4-8H2,1-3H3,(H,12,16)(H,14,15)/i1+1. The number of amides is 1. The Bertz CT molecular complexity index is 229. The van der Waals surface area contributed by atoms with Crippen LogP contribution in [-0.4, -0.2) is 48.6 Å². The number of carbonyl (C=O) groups excluding carboxylic acids is 1. The Morgan fingerprint density at radius 3 is 2.44 bits per heavy atom. The predicted molar refractivity (Wildman–Crippen MR) is 62.3 cm³/mol. The first kappa shape index (κ1) is 14.9. The Morgan fingerprint density at radius 2 is 2.00 bits per heavy atom. The van der Waals surface area contributed by atoms with Crippen LogP contribution in [0.2, 0.25) is 0 Å². The van der Waals surface area contributed by atoms with Gasteiger partial charge in [-0.15, -0.1) is 0 Å². The lowest BCUT2D eigenvalue weighted by Gasteiger charge is -2.23. The highest BCUT2D eigenvalue weighted by molar-refractivity contribution is 5.82. The van der Waals surface area contributed by atoms with Crippen LogP contribution in [0.15, 0.2) is 0 Å². The fraction of sp³-hybridized carbons (Fsp3) is 0.818. The SMILES string of the molecule is CN(C)C(CCC[13CH3])C(=O)NCCC(=O)O. The molecule has 0 aromatic rings. The van der Waals surface area contributed by atoms with Crippen molar-refractivity contribution in [2.24, 2.45) is 0 Å². The molecular weight excluding hydrogens is 209 g/mol. The van der Waals surface area contributed by atoms with Crippen molar-refractivity contribution in [2.75, 3.05) is 20.6 Å². The number of unbranched alkanes of at least 4 members (excludes halogenated alkanes) is 1. The van der Waals surface area contributed by atoms with E-state index in [0.717, 1.165) is 19.3 Å². The van der Waals surface area contributed by atoms with Gasteiger partial charge in [0.25, 0.3) is 0 Å². The number of carbonyl (C=O) groups is 2. The van der Waals surface area contributed by atoms with Crippen molar-refractivity contribution in [3.8, 4) is 0 Å². The van der Waals surface area contributed by atoms with Crippen molar-refractivity contribution in [3.05, 3.63) is 0 Å². The third-order valence-electron chi connectivity index (χ3n) is 2.40. The fourth-order valence-corrected chi connectivity index (χ4v) is 1.43. The number of nitrogens with one attached hydrogen (secondary N) is 1. The molecule has 0 radical (unpaired) electrons. The molecule has 16 heavy (non-hydrogen) atoms. The summed E-state index contributed by atoms with van der Waals surface area (Å²) in [7, 11) is 3.72. The van der Waals surface area contributed by atoms with Gasteiger partial charge < -0.3 is 10.4 Å². The molecule has 94 valence electrons. The summed E-state index contributed by atoms with van der Waals surface area (Å²) in [5.74, 6) is -0.977. The van der Waals surface area contributed by atoms with Crippen LogP contribution in [0.4, 0.5) is 0 Å². The Balaban J connectivity index is 4.01. The van der Waals surface area contributed by atoms with Gasteiger partial charge in [0.1, 0.15) is 0 Å². The predicted octanol–water partition coefficient (Wildman–Crippen LogP) is 0.698. The minimum atomic E-state index is -0.893. The van der Waals surface area contributed by atoms with Crippen molar-refractivity contribution in [1.82, 2.24) is 10.2 Å². The van der Waals surface area contributed by atoms with Gasteiger partial charge >= 0.3 is 5.97 Å². The first-order chi connectivity index (χ1) is 7.49. The van der Waals surface area contributed by atoms with Crippen LogP contribution in [0.1, 0.15) is 32.6 Å². The number of rotatable bonds is 8. The zero-order valence-corrected chi connectivity index (χ0v) is 10.3. The van der Waals surface area contributed by atoms with Gasteiger partial charge in [-0.25, -0.2) is 0 Å². The second-order valence-corrected chi connectivity index (χ2v) is 4.06. The molecule has 0 aromatic carbocycles. The number of carboxylic acids is 1. The van der Waals surface area contributed by atoms with Crippen LogP contribution in [-0.2, 0) is 9.59 Å². The summed E-state index contributed by atoms with van der Waals surface area (Å²) in [6.07, 6.45) is 2.82. The van der Waals surface area contributed by atoms with Gasteiger partial charge in [0, 0.05) is 6.54 Å². The van der Waals surface area contributed by atoms with Crippen LogP contribution in [0.3, 0.4) is 0 Å². The molecule has 0 aliphatic heterocycles. The smallest absolute Gasteiger partial charge is 0.305 e. The summed E-state index contributed by atoms with van der Waals surface area (Å²) in [4.78, 5) is 23.9. The molecule has 0 bridgehead atoms. The number of nitrogens with zero attached hydrogens (tertiary/aromatic N) is 1. The van der Waals surface area contributed by atoms with E-state index in [-0.39, 0.29) is 24.9 Å². The Morgan fingerprint density at radius 1 is 1.38 bits per heavy atom. The van der Waals surface area contributed by atoms with Gasteiger partial charge in [-0.1, -0.05) is 19.8 Å². The molecule has 0 aliphatic carbocycles. The number of hydrogen-bond acceptors (Lipinski definition) is 3. The monoisotopic (exact) mass is 231 g/mol. The molecule has 1 unspecified atom stereocenters. The molecule has 1 amide bonds. The van der Waals surface area contributed by atoms with Crippen LogP contribution < -0.4 is 5.32 Å². The van der Waals surface area contributed by atoms with Crippen molar-refractivity contribution in [2.45, 2.75) is 38.6 Å². The summed E-state index contributed by atoms with van der Waals surface area (Å²) >= 11 is 0. The minimum Gasteiger partial charge on any atom is -0.481 e. The highest BCUT2D eigenvalue weighted by atomic mass is 16.4. The Hall–Kier alpha value is -1.10. The van der Waals surface area contributed by atoms with Crippen molar-refractivity contribution >= 4 is 11.9 Å². The van der Waals surface area contributed by atoms with Gasteiger partial charge in [-0.05, 0) is 20.5 Å². The summed E-state index contributed by atoms with van der Waals surface area (Å²) in [5.41, 5.74) is 0. The maximum Gasteiger partial charge on any atom is 0.305 e. The molecule has 2 N–H and O–H groups in total. The summed E-state index contributed by atoms with van der Waals surface area (Å²) in [5, 5.41) is 11.1. The van der Waals surface area contributed by atoms with E-state index in [2.05, 4.69) is 12.2 Å². The number of carboxylic acid groups (broad SMARTS) is 1. The molecule has 0 fully saturated rings. The van der Waals surface area contributed by atoms with Gasteiger partial charge in [0.15, 0.2) is 0 Å². The highest BCUT2D eigenvalue weighted by Gasteiger charge is 2.19. The molecule has 5 heteroatoms. The third kappa shape index (κ3) is 6.40. The average molecular weight is 231 g/mol. The maximum absolute atomic E-state index is 11.7. The summed E-state index contributed by atoms with van der Waals surface area (Å²) < 4.78 is 0. The minimum absolute atomic E-state index is 0.0281. The molecule has 0 saturated heterocycles. The molecule has 0 rings (SSSR count). The number of aliphatic carboxylic acids is 1. The first-order valence-corrected chi connectivity index (χ1v) is 5.65. The second kappa shape index (κ2) is 8.10. The van der Waals surface area contributed by atoms with Crippen LogP contribution in [0, 0.1) is 0 Å². The largest absolute Gasteiger partial charge is 0.481 e. The van der Waals surface area contributed by atoms with Crippen molar-refractivity contribution in [1.29, 1.82) is 0 Å². The van der Waals surface area contributed by atoms with Crippen molar-refractivity contribution < 1.29 is 14.7 Å². The summed E-state index contributed by atoms with van der Waals surface area (Å²) in [6, 6.07) is -0.159. The van der Waals surface area contributed by atoms with Crippen molar-refractivity contribution in [3.63, 3.8) is 0 Å². The van der Waals surface area contributed by atoms with E-state index in [9.17, 15) is 9.59 Å². The second-order valence-electron chi connectivity index (χ2n) is 4.06. The van der Waals surface area contributed by atoms with E-state index in [4.69, 9.17) is 5.11 Å². The first-order valence-electron chi connectivity index (χ1n) is 5.65. The third-order valence-corrected chi connectivity index (χ3v) is 2.40. The molecule has 5 nitrogen and oxygen atoms in total. The van der Waals surface area contributed by atoms with Gasteiger partial charge in [-0.3, -0.25) is 14.5 Å². The van der Waals surface area contributed by atoms with E-state index >= 15 is 0 Å². The van der Waals surface area contributed by atoms with E-state index in [1.807, 2.05) is 19.0 Å². The lowest BCUT2D eigenvalue weighted by molar-refractivity contribution is -0.137. The average Bonchev–Trinajstić information content (AvgIpc) is 2.17. The number of likely N-dealkylation sites (N-methyl/N-ethyl adjacent to an activating group) is 1. The van der Waals surface area contributed by atoms with Gasteiger partial charge in [-0.2, -0.15) is 0 Å².